The number of carbonyl (C=O) groups is 1. The van der Waals surface area contributed by atoms with Crippen molar-refractivity contribution in [1.82, 2.24) is 9.89 Å². The number of aromatic nitrogens is 2. The van der Waals surface area contributed by atoms with Gasteiger partial charge in [-0.2, -0.15) is 9.89 Å². The van der Waals surface area contributed by atoms with Crippen LogP contribution in [0.15, 0.2) is 0 Å². The highest BCUT2D eigenvalue weighted by atomic mass is 16.6. The van der Waals surface area contributed by atoms with Gasteiger partial charge in [-0.3, -0.25) is 0 Å². The second kappa shape index (κ2) is 4.19. The van der Waals surface area contributed by atoms with Crippen molar-refractivity contribution in [3.8, 4) is 0 Å². The molecule has 86 valence electrons. The summed E-state index contributed by atoms with van der Waals surface area (Å²) in [6.07, 6.45) is -0.557. The maximum atomic E-state index is 11.5. The lowest BCUT2D eigenvalue weighted by Crippen LogP contribution is -2.33. The number of hydrogen-bond acceptors (Lipinski definition) is 3. The zero-order chi connectivity index (χ0) is 12.5. The molecule has 1 aromatic heterocycles. The standard InChI is InChI=1S/C10H16BN3O2/c1-6-8(11)7(2)14(12-6)13-9(15)16-10(3,4)5/h1-5H3,(H,13,15). The first kappa shape index (κ1) is 12.6. The molecule has 0 saturated heterocycles. The minimum Gasteiger partial charge on any atom is -0.443 e. The molecule has 0 bridgehead atoms. The van der Waals surface area contributed by atoms with Gasteiger partial charge in [-0.15, -0.1) is 0 Å². The van der Waals surface area contributed by atoms with E-state index >= 15 is 0 Å². The van der Waals surface area contributed by atoms with Crippen LogP contribution in [0.4, 0.5) is 4.79 Å². The van der Waals surface area contributed by atoms with Crippen molar-refractivity contribution in [3.05, 3.63) is 11.4 Å². The van der Waals surface area contributed by atoms with E-state index in [1.165, 1.54) is 4.79 Å². The molecule has 6 heteroatoms. The first-order chi connectivity index (χ1) is 7.20. The van der Waals surface area contributed by atoms with Crippen LogP contribution in [0, 0.1) is 13.8 Å². The molecular weight excluding hydrogens is 205 g/mol. The van der Waals surface area contributed by atoms with Gasteiger partial charge in [0, 0.05) is 0 Å². The van der Waals surface area contributed by atoms with Crippen molar-refractivity contribution in [2.75, 3.05) is 5.43 Å². The molecule has 0 aliphatic heterocycles. The Morgan fingerprint density at radius 3 is 2.38 bits per heavy atom. The SMILES string of the molecule is [B]c1c(C)nn(NC(=O)OC(C)(C)C)c1C. The van der Waals surface area contributed by atoms with E-state index in [2.05, 4.69) is 10.5 Å². The van der Waals surface area contributed by atoms with Gasteiger partial charge in [-0.25, -0.2) is 10.2 Å². The van der Waals surface area contributed by atoms with Crippen LogP contribution in [0.1, 0.15) is 32.2 Å². The zero-order valence-corrected chi connectivity index (χ0v) is 10.3. The molecule has 2 radical (unpaired) electrons. The van der Waals surface area contributed by atoms with Gasteiger partial charge in [0.25, 0.3) is 0 Å². The number of carbonyl (C=O) groups excluding carboxylic acids is 1. The highest BCUT2D eigenvalue weighted by Crippen LogP contribution is 2.07. The Balaban J connectivity index is 2.74. The maximum Gasteiger partial charge on any atom is 0.428 e. The average Bonchev–Trinajstić information content (AvgIpc) is 2.30. The van der Waals surface area contributed by atoms with Gasteiger partial charge in [-0.05, 0) is 34.6 Å². The molecule has 1 heterocycles. The largest absolute Gasteiger partial charge is 0.443 e. The molecule has 0 saturated carbocycles. The summed E-state index contributed by atoms with van der Waals surface area (Å²) in [6, 6.07) is 0. The van der Waals surface area contributed by atoms with Crippen LogP contribution >= 0.6 is 0 Å². The summed E-state index contributed by atoms with van der Waals surface area (Å²) < 4.78 is 5.09. The molecule has 16 heavy (non-hydrogen) atoms. The maximum absolute atomic E-state index is 11.5. The van der Waals surface area contributed by atoms with Gasteiger partial charge in [0.2, 0.25) is 0 Å². The molecule has 1 rings (SSSR count). The first-order valence-corrected chi connectivity index (χ1v) is 5.02. The number of amides is 1. The summed E-state index contributed by atoms with van der Waals surface area (Å²) in [7, 11) is 5.73. The molecule has 0 spiro atoms. The number of hydrogen-bond donors (Lipinski definition) is 1. The summed E-state index contributed by atoms with van der Waals surface area (Å²) in [5.41, 5.74) is 3.88. The number of nitrogens with zero attached hydrogens (tertiary/aromatic N) is 2. The Morgan fingerprint density at radius 1 is 1.44 bits per heavy atom. The minimum absolute atomic E-state index is 0.536. The van der Waals surface area contributed by atoms with Crippen molar-refractivity contribution in [1.29, 1.82) is 0 Å². The summed E-state index contributed by atoms with van der Waals surface area (Å²) in [5.74, 6) is 0. The van der Waals surface area contributed by atoms with Crippen LogP contribution in [0.25, 0.3) is 0 Å². The van der Waals surface area contributed by atoms with Crippen LogP contribution in [-0.4, -0.2) is 29.4 Å². The van der Waals surface area contributed by atoms with Crippen LogP contribution in [0.5, 0.6) is 0 Å². The third-order valence-electron chi connectivity index (χ3n) is 1.94. The van der Waals surface area contributed by atoms with Gasteiger partial charge in [0.05, 0.1) is 11.4 Å². The van der Waals surface area contributed by atoms with Gasteiger partial charge < -0.3 is 4.74 Å². The second-order valence-corrected chi connectivity index (χ2v) is 4.61. The lowest BCUT2D eigenvalue weighted by molar-refractivity contribution is 0.0609. The molecule has 0 atom stereocenters. The Hall–Kier alpha value is -1.46. The molecule has 0 aliphatic rings. The van der Waals surface area contributed by atoms with Crippen LogP contribution in [0.2, 0.25) is 0 Å². The topological polar surface area (TPSA) is 56.2 Å². The molecule has 0 fully saturated rings. The molecule has 1 N–H and O–H groups in total. The Bertz CT molecular complexity index is 407. The smallest absolute Gasteiger partial charge is 0.428 e. The Labute approximate surface area is 96.5 Å². The molecule has 1 aromatic rings. The fraction of sp³-hybridized carbons (Fsp3) is 0.600. The first-order valence-electron chi connectivity index (χ1n) is 5.02. The van der Waals surface area contributed by atoms with E-state index < -0.39 is 11.7 Å². The molecule has 1 amide bonds. The Morgan fingerprint density at radius 2 is 2.00 bits per heavy atom. The average molecular weight is 221 g/mol. The third-order valence-corrected chi connectivity index (χ3v) is 1.94. The number of ether oxygens (including phenoxy) is 1. The van der Waals surface area contributed by atoms with Gasteiger partial charge in [0.15, 0.2) is 0 Å². The highest BCUT2D eigenvalue weighted by molar-refractivity contribution is 6.33. The lowest BCUT2D eigenvalue weighted by Gasteiger charge is -2.19. The summed E-state index contributed by atoms with van der Waals surface area (Å²) in [5, 5.41) is 4.06. The normalized spacial score (nSPS) is 11.3. The molecule has 0 aromatic carbocycles. The second-order valence-electron chi connectivity index (χ2n) is 4.61. The van der Waals surface area contributed by atoms with Crippen molar-refractivity contribution >= 4 is 19.4 Å². The monoisotopic (exact) mass is 221 g/mol. The molecule has 0 unspecified atom stereocenters. The fourth-order valence-corrected chi connectivity index (χ4v) is 1.15. The van der Waals surface area contributed by atoms with Crippen LogP contribution < -0.4 is 10.9 Å². The van der Waals surface area contributed by atoms with Gasteiger partial charge in [0.1, 0.15) is 13.4 Å². The molecule has 5 nitrogen and oxygen atoms in total. The Kier molecular flexibility index (Phi) is 3.31. The van der Waals surface area contributed by atoms with E-state index in [9.17, 15) is 4.79 Å². The van der Waals surface area contributed by atoms with Crippen molar-refractivity contribution < 1.29 is 9.53 Å². The van der Waals surface area contributed by atoms with Crippen molar-refractivity contribution in [2.24, 2.45) is 0 Å². The summed E-state index contributed by atoms with van der Waals surface area (Å²) >= 11 is 0. The van der Waals surface area contributed by atoms with Gasteiger partial charge >= 0.3 is 6.09 Å². The third kappa shape index (κ3) is 3.02. The van der Waals surface area contributed by atoms with Crippen LogP contribution in [0.3, 0.4) is 0 Å². The number of rotatable bonds is 1. The lowest BCUT2D eigenvalue weighted by atomic mass is 9.94. The minimum atomic E-state index is -0.557. The predicted molar refractivity (Wildman–Crippen MR) is 62.7 cm³/mol. The summed E-state index contributed by atoms with van der Waals surface area (Å²) in [4.78, 5) is 12.8. The van der Waals surface area contributed by atoms with E-state index in [-0.39, 0.29) is 0 Å². The van der Waals surface area contributed by atoms with Gasteiger partial charge in [-0.1, -0.05) is 5.46 Å². The number of nitrogens with one attached hydrogen (secondary N) is 1. The van der Waals surface area contributed by atoms with Crippen molar-refractivity contribution in [2.45, 2.75) is 40.2 Å². The van der Waals surface area contributed by atoms with E-state index in [0.29, 0.717) is 16.9 Å². The van der Waals surface area contributed by atoms with E-state index in [0.717, 1.165) is 0 Å². The summed E-state index contributed by atoms with van der Waals surface area (Å²) in [6.45, 7) is 8.93. The van der Waals surface area contributed by atoms with E-state index in [1.54, 1.807) is 34.6 Å². The van der Waals surface area contributed by atoms with E-state index in [4.69, 9.17) is 12.6 Å². The van der Waals surface area contributed by atoms with E-state index in [1.807, 2.05) is 0 Å². The molecular formula is C10H16BN3O2. The fourth-order valence-electron chi connectivity index (χ4n) is 1.15. The number of aryl methyl sites for hydroxylation is 1. The van der Waals surface area contributed by atoms with Crippen molar-refractivity contribution in [3.63, 3.8) is 0 Å². The highest BCUT2D eigenvalue weighted by Gasteiger charge is 2.17. The van der Waals surface area contributed by atoms with Crippen LogP contribution in [-0.2, 0) is 4.74 Å². The quantitative estimate of drug-likeness (QED) is 0.712. The zero-order valence-electron chi connectivity index (χ0n) is 10.3. The predicted octanol–water partition coefficient (Wildman–Crippen LogP) is 0.772. The molecule has 0 aliphatic carbocycles.